The number of hydrogen-bond acceptors (Lipinski definition) is 8. The average Bonchev–Trinajstić information content (AvgIpc) is 3.41. The van der Waals surface area contributed by atoms with Gasteiger partial charge in [0, 0.05) is 23.7 Å². The van der Waals surface area contributed by atoms with Gasteiger partial charge in [-0.3, -0.25) is 9.69 Å². The molecule has 1 saturated heterocycles. The van der Waals surface area contributed by atoms with Gasteiger partial charge in [0.25, 0.3) is 0 Å². The molecule has 3 aromatic rings. The molecule has 8 nitrogen and oxygen atoms in total. The number of nitrogens with one attached hydrogen (secondary N) is 1. The fourth-order valence-corrected chi connectivity index (χ4v) is 5.49. The van der Waals surface area contributed by atoms with Crippen molar-refractivity contribution >= 4 is 40.0 Å². The van der Waals surface area contributed by atoms with Crippen LogP contribution in [0.1, 0.15) is 52.9 Å². The van der Waals surface area contributed by atoms with E-state index in [9.17, 15) is 9.18 Å². The van der Waals surface area contributed by atoms with E-state index >= 15 is 0 Å². The molecule has 1 atom stereocenters. The predicted molar refractivity (Wildman–Crippen MR) is 148 cm³/mol. The standard InChI is InChI=1S/C29H34ClFN4O4/c1-4-26(35-14-27(36)39-29(2,3)16-35)38-25-13-23-20(12-24(25)37-15-18-7-5-6-8-18)28(33-17-32-23)34-19-9-10-22(31)21(30)11-19/h9-13,17-18,26H,4-8,14-16H2,1-3H3,(H,32,33,34). The highest BCUT2D eigenvalue weighted by Crippen LogP contribution is 2.38. The third kappa shape index (κ3) is 6.53. The van der Waals surface area contributed by atoms with E-state index in [2.05, 4.69) is 15.3 Å². The SMILES string of the molecule is CCC(Oc1cc2ncnc(Nc3ccc(F)c(Cl)c3)c2cc1OCC1CCCC1)N1CC(=O)OC(C)(C)C1. The van der Waals surface area contributed by atoms with Gasteiger partial charge in [0.15, 0.2) is 17.7 Å². The molecule has 0 bridgehead atoms. The molecule has 2 aliphatic rings. The van der Waals surface area contributed by atoms with Crippen molar-refractivity contribution in [2.24, 2.45) is 5.92 Å². The van der Waals surface area contributed by atoms with Gasteiger partial charge in [-0.05, 0) is 63.3 Å². The zero-order valence-electron chi connectivity index (χ0n) is 22.5. The van der Waals surface area contributed by atoms with Gasteiger partial charge in [-0.15, -0.1) is 0 Å². The van der Waals surface area contributed by atoms with Gasteiger partial charge < -0.3 is 19.5 Å². The molecule has 1 aliphatic heterocycles. The molecule has 2 fully saturated rings. The smallest absolute Gasteiger partial charge is 0.320 e. The van der Waals surface area contributed by atoms with Crippen LogP contribution in [0, 0.1) is 11.7 Å². The summed E-state index contributed by atoms with van der Waals surface area (Å²) in [6.07, 6.45) is 6.49. The molecule has 5 rings (SSSR count). The number of rotatable bonds is 9. The van der Waals surface area contributed by atoms with Gasteiger partial charge in [-0.2, -0.15) is 0 Å². The number of benzene rings is 2. The van der Waals surface area contributed by atoms with Crippen molar-refractivity contribution < 1.29 is 23.4 Å². The number of esters is 1. The summed E-state index contributed by atoms with van der Waals surface area (Å²) < 4.78 is 32.1. The molecular weight excluding hydrogens is 523 g/mol. The molecule has 1 saturated carbocycles. The molecule has 208 valence electrons. The largest absolute Gasteiger partial charge is 0.489 e. The summed E-state index contributed by atoms with van der Waals surface area (Å²) in [5.74, 6) is 1.41. The number of fused-ring (bicyclic) bond motifs is 1. The van der Waals surface area contributed by atoms with Crippen LogP contribution in [-0.4, -0.2) is 52.4 Å². The lowest BCUT2D eigenvalue weighted by atomic mass is 10.1. The van der Waals surface area contributed by atoms with Crippen LogP contribution in [0.4, 0.5) is 15.9 Å². The monoisotopic (exact) mass is 556 g/mol. The molecule has 39 heavy (non-hydrogen) atoms. The Balaban J connectivity index is 1.48. The van der Waals surface area contributed by atoms with Gasteiger partial charge >= 0.3 is 5.97 Å². The number of cyclic esters (lactones) is 1. The van der Waals surface area contributed by atoms with E-state index in [1.807, 2.05) is 37.8 Å². The minimum Gasteiger partial charge on any atom is -0.489 e. The van der Waals surface area contributed by atoms with Crippen molar-refractivity contribution in [3.05, 3.63) is 47.5 Å². The van der Waals surface area contributed by atoms with E-state index in [0.29, 0.717) is 54.0 Å². The second-order valence-corrected chi connectivity index (χ2v) is 11.3. The first-order chi connectivity index (χ1) is 18.7. The summed E-state index contributed by atoms with van der Waals surface area (Å²) in [5.41, 5.74) is 0.645. The van der Waals surface area contributed by atoms with Crippen LogP contribution in [-0.2, 0) is 9.53 Å². The number of hydrogen-bond donors (Lipinski definition) is 1. The lowest BCUT2D eigenvalue weighted by Crippen LogP contribution is -2.55. The molecule has 0 amide bonds. The first kappa shape index (κ1) is 27.4. The van der Waals surface area contributed by atoms with Gasteiger partial charge in [-0.1, -0.05) is 31.4 Å². The molecule has 0 radical (unpaired) electrons. The minimum atomic E-state index is -0.603. The highest BCUT2D eigenvalue weighted by molar-refractivity contribution is 6.31. The molecule has 10 heteroatoms. The zero-order valence-corrected chi connectivity index (χ0v) is 23.3. The maximum Gasteiger partial charge on any atom is 0.320 e. The van der Waals surface area contributed by atoms with Crippen molar-refractivity contribution in [2.45, 2.75) is 64.7 Å². The number of nitrogens with zero attached hydrogens (tertiary/aromatic N) is 3. The second kappa shape index (κ2) is 11.5. The summed E-state index contributed by atoms with van der Waals surface area (Å²) >= 11 is 5.98. The first-order valence-electron chi connectivity index (χ1n) is 13.5. The molecule has 1 aliphatic carbocycles. The van der Waals surface area contributed by atoms with Crippen LogP contribution in [0.25, 0.3) is 10.9 Å². The number of aromatic nitrogens is 2. The highest BCUT2D eigenvalue weighted by atomic mass is 35.5. The fourth-order valence-electron chi connectivity index (χ4n) is 5.31. The van der Waals surface area contributed by atoms with Gasteiger partial charge in [-0.25, -0.2) is 14.4 Å². The minimum absolute atomic E-state index is 0.0185. The van der Waals surface area contributed by atoms with E-state index in [-0.39, 0.29) is 23.8 Å². The Morgan fingerprint density at radius 3 is 2.72 bits per heavy atom. The van der Waals surface area contributed by atoms with Crippen molar-refractivity contribution in [1.82, 2.24) is 14.9 Å². The number of ether oxygens (including phenoxy) is 3. The van der Waals surface area contributed by atoms with Crippen molar-refractivity contribution in [3.63, 3.8) is 0 Å². The fraction of sp³-hybridized carbons (Fsp3) is 0.483. The molecule has 1 aromatic heterocycles. The lowest BCUT2D eigenvalue weighted by Gasteiger charge is -2.40. The van der Waals surface area contributed by atoms with E-state index < -0.39 is 11.4 Å². The molecule has 0 spiro atoms. The maximum atomic E-state index is 13.7. The van der Waals surface area contributed by atoms with Crippen LogP contribution < -0.4 is 14.8 Å². The number of morpholine rings is 1. The normalized spacial score (nSPS) is 18.6. The summed E-state index contributed by atoms with van der Waals surface area (Å²) in [7, 11) is 0. The lowest BCUT2D eigenvalue weighted by molar-refractivity contribution is -0.177. The van der Waals surface area contributed by atoms with Gasteiger partial charge in [0.05, 0.1) is 23.7 Å². The van der Waals surface area contributed by atoms with E-state index in [0.717, 1.165) is 18.2 Å². The summed E-state index contributed by atoms with van der Waals surface area (Å²) in [4.78, 5) is 23.2. The molecular formula is C29H34ClFN4O4. The van der Waals surface area contributed by atoms with E-state index in [1.165, 1.54) is 31.3 Å². The van der Waals surface area contributed by atoms with Crippen LogP contribution in [0.3, 0.4) is 0 Å². The van der Waals surface area contributed by atoms with Gasteiger partial charge in [0.2, 0.25) is 0 Å². The number of halogens is 2. The summed E-state index contributed by atoms with van der Waals surface area (Å²) in [6, 6.07) is 8.14. The topological polar surface area (TPSA) is 85.8 Å². The Kier molecular flexibility index (Phi) is 8.09. The molecule has 2 aromatic carbocycles. The quantitative estimate of drug-likeness (QED) is 0.299. The molecule has 1 unspecified atom stereocenters. The number of carbonyl (C=O) groups excluding carboxylic acids is 1. The summed E-state index contributed by atoms with van der Waals surface area (Å²) in [5, 5.41) is 3.96. The Labute approximate surface area is 232 Å². The zero-order chi connectivity index (χ0) is 27.6. The second-order valence-electron chi connectivity index (χ2n) is 10.9. The third-order valence-electron chi connectivity index (χ3n) is 7.16. The van der Waals surface area contributed by atoms with E-state index in [4.69, 9.17) is 25.8 Å². The Hall–Kier alpha value is -3.17. The van der Waals surface area contributed by atoms with Crippen LogP contribution in [0.5, 0.6) is 11.5 Å². The molecule has 2 heterocycles. The highest BCUT2D eigenvalue weighted by Gasteiger charge is 2.37. The Morgan fingerprint density at radius 1 is 1.21 bits per heavy atom. The van der Waals surface area contributed by atoms with Gasteiger partial charge in [0.1, 0.15) is 23.6 Å². The maximum absolute atomic E-state index is 13.7. The number of anilines is 2. The van der Waals surface area contributed by atoms with Crippen LogP contribution in [0.2, 0.25) is 5.02 Å². The third-order valence-corrected chi connectivity index (χ3v) is 7.45. The average molecular weight is 557 g/mol. The summed E-state index contributed by atoms with van der Waals surface area (Å²) in [6.45, 7) is 7.12. The van der Waals surface area contributed by atoms with E-state index in [1.54, 1.807) is 6.07 Å². The predicted octanol–water partition coefficient (Wildman–Crippen LogP) is 6.49. The van der Waals surface area contributed by atoms with Crippen molar-refractivity contribution in [1.29, 1.82) is 0 Å². The Morgan fingerprint density at radius 2 is 2.00 bits per heavy atom. The molecule has 1 N–H and O–H groups in total. The number of carbonyl (C=O) groups is 1. The first-order valence-corrected chi connectivity index (χ1v) is 13.8. The Bertz CT molecular complexity index is 1350. The van der Waals surface area contributed by atoms with Crippen molar-refractivity contribution in [3.8, 4) is 11.5 Å². The van der Waals surface area contributed by atoms with Crippen molar-refractivity contribution in [2.75, 3.05) is 25.0 Å². The van der Waals surface area contributed by atoms with Crippen LogP contribution in [0.15, 0.2) is 36.7 Å². The van der Waals surface area contributed by atoms with Crippen LogP contribution >= 0.6 is 11.6 Å².